The Bertz CT molecular complexity index is 307. The number of amides is 1. The van der Waals surface area contributed by atoms with Gasteiger partial charge in [0.1, 0.15) is 5.41 Å². The van der Waals surface area contributed by atoms with Crippen LogP contribution < -0.4 is 0 Å². The molecule has 0 heterocycles. The molecule has 0 aromatic carbocycles. The van der Waals surface area contributed by atoms with Gasteiger partial charge in [-0.15, -0.1) is 0 Å². The van der Waals surface area contributed by atoms with E-state index >= 15 is 0 Å². The Morgan fingerprint density at radius 1 is 1.47 bits per heavy atom. The topological polar surface area (TPSA) is 62.6 Å². The monoisotopic (exact) mass is 240 g/mol. The molecular formula is C12H20N2O3. The first-order valence-electron chi connectivity index (χ1n) is 5.81. The van der Waals surface area contributed by atoms with Gasteiger partial charge >= 0.3 is 0 Å². The molecule has 1 unspecified atom stereocenters. The molecule has 1 amide bonds. The van der Waals surface area contributed by atoms with Crippen molar-refractivity contribution in [3.63, 3.8) is 0 Å². The Labute approximate surface area is 102 Å². The molecule has 5 heteroatoms. The number of rotatable bonds is 7. The highest BCUT2D eigenvalue weighted by molar-refractivity contribution is 5.88. The fraction of sp³-hybridized carbons (Fsp3) is 0.833. The maximum absolute atomic E-state index is 12.3. The van der Waals surface area contributed by atoms with Gasteiger partial charge in [0.25, 0.3) is 0 Å². The second kappa shape index (κ2) is 5.99. The number of hydrogen-bond acceptors (Lipinski definition) is 4. The van der Waals surface area contributed by atoms with Crippen molar-refractivity contribution < 1.29 is 14.3 Å². The number of carbonyl (C=O) groups excluding carboxylic acids is 1. The van der Waals surface area contributed by atoms with Crippen molar-refractivity contribution in [2.45, 2.75) is 25.8 Å². The minimum Gasteiger partial charge on any atom is -0.383 e. The molecule has 0 aliphatic heterocycles. The van der Waals surface area contributed by atoms with Crippen molar-refractivity contribution in [1.29, 1.82) is 5.26 Å². The molecule has 0 bridgehead atoms. The van der Waals surface area contributed by atoms with Crippen LogP contribution in [0.1, 0.15) is 19.8 Å². The summed E-state index contributed by atoms with van der Waals surface area (Å²) in [6.07, 6.45) is 1.34. The second-order valence-corrected chi connectivity index (χ2v) is 4.49. The van der Waals surface area contributed by atoms with Crippen LogP contribution in [0.5, 0.6) is 0 Å². The molecular weight excluding hydrogens is 220 g/mol. The molecule has 0 spiro atoms. The smallest absolute Gasteiger partial charge is 0.243 e. The number of methoxy groups -OCH3 is 2. The van der Waals surface area contributed by atoms with Crippen molar-refractivity contribution in [3.05, 3.63) is 0 Å². The summed E-state index contributed by atoms with van der Waals surface area (Å²) >= 11 is 0. The fourth-order valence-corrected chi connectivity index (χ4v) is 1.82. The van der Waals surface area contributed by atoms with Crippen LogP contribution in [0, 0.1) is 16.7 Å². The lowest BCUT2D eigenvalue weighted by atomic mass is 10.1. The lowest BCUT2D eigenvalue weighted by Crippen LogP contribution is -2.46. The van der Waals surface area contributed by atoms with Crippen LogP contribution in [0.2, 0.25) is 0 Å². The zero-order valence-corrected chi connectivity index (χ0v) is 10.7. The van der Waals surface area contributed by atoms with Gasteiger partial charge in [-0.05, 0) is 19.8 Å². The molecule has 1 aliphatic carbocycles. The number of ether oxygens (including phenoxy) is 2. The number of carbonyl (C=O) groups is 1. The second-order valence-electron chi connectivity index (χ2n) is 4.49. The molecule has 1 fully saturated rings. The lowest BCUT2D eigenvalue weighted by molar-refractivity contribution is -0.138. The summed E-state index contributed by atoms with van der Waals surface area (Å²) < 4.78 is 10.1. The Hall–Kier alpha value is -1.12. The molecule has 96 valence electrons. The lowest BCUT2D eigenvalue weighted by Gasteiger charge is -2.30. The van der Waals surface area contributed by atoms with Gasteiger partial charge < -0.3 is 14.4 Å². The highest BCUT2D eigenvalue weighted by Crippen LogP contribution is 2.46. The zero-order chi connectivity index (χ0) is 12.9. The summed E-state index contributed by atoms with van der Waals surface area (Å²) in [7, 11) is 3.20. The maximum atomic E-state index is 12.3. The van der Waals surface area contributed by atoms with Crippen molar-refractivity contribution in [3.8, 4) is 6.07 Å². The number of nitriles is 1. The standard InChI is InChI=1S/C12H20N2O3/c1-10(8-17-3)14(6-7-16-2)11(15)12(9-13)4-5-12/h10H,4-8H2,1-3H3. The van der Waals surface area contributed by atoms with Crippen molar-refractivity contribution in [1.82, 2.24) is 4.90 Å². The van der Waals surface area contributed by atoms with Gasteiger partial charge in [0, 0.05) is 20.8 Å². The minimum absolute atomic E-state index is 0.0338. The third kappa shape index (κ3) is 3.18. The first-order chi connectivity index (χ1) is 8.11. The van der Waals surface area contributed by atoms with Crippen LogP contribution in [0.25, 0.3) is 0 Å². The van der Waals surface area contributed by atoms with Crippen LogP contribution in [0.15, 0.2) is 0 Å². The maximum Gasteiger partial charge on any atom is 0.243 e. The van der Waals surface area contributed by atoms with Gasteiger partial charge in [0.2, 0.25) is 5.91 Å². The summed E-state index contributed by atoms with van der Waals surface area (Å²) in [5, 5.41) is 9.05. The molecule has 0 N–H and O–H groups in total. The first kappa shape index (κ1) is 13.9. The van der Waals surface area contributed by atoms with Gasteiger partial charge in [0.15, 0.2) is 0 Å². The quantitative estimate of drug-likeness (QED) is 0.660. The van der Waals surface area contributed by atoms with E-state index in [4.69, 9.17) is 14.7 Å². The molecule has 0 aromatic rings. The molecule has 0 saturated heterocycles. The highest BCUT2D eigenvalue weighted by Gasteiger charge is 2.53. The molecule has 17 heavy (non-hydrogen) atoms. The fourth-order valence-electron chi connectivity index (χ4n) is 1.82. The zero-order valence-electron chi connectivity index (χ0n) is 10.7. The van der Waals surface area contributed by atoms with Crippen LogP contribution in [-0.4, -0.2) is 50.8 Å². The molecule has 1 atom stereocenters. The summed E-state index contributed by atoms with van der Waals surface area (Å²) in [5.41, 5.74) is -0.768. The van der Waals surface area contributed by atoms with Gasteiger partial charge in [-0.2, -0.15) is 5.26 Å². The first-order valence-corrected chi connectivity index (χ1v) is 5.81. The SMILES string of the molecule is COCCN(C(=O)C1(C#N)CC1)C(C)COC. The third-order valence-electron chi connectivity index (χ3n) is 3.11. The van der Waals surface area contributed by atoms with E-state index in [-0.39, 0.29) is 11.9 Å². The Kier molecular flexibility index (Phi) is 4.91. The molecule has 0 aromatic heterocycles. The predicted octanol–water partition coefficient (Wildman–Crippen LogP) is 0.800. The summed E-state index contributed by atoms with van der Waals surface area (Å²) in [6, 6.07) is 2.10. The van der Waals surface area contributed by atoms with Crippen LogP contribution in [-0.2, 0) is 14.3 Å². The summed E-state index contributed by atoms with van der Waals surface area (Å²) in [6.45, 7) is 3.37. The highest BCUT2D eigenvalue weighted by atomic mass is 16.5. The van der Waals surface area contributed by atoms with Crippen LogP contribution in [0.3, 0.4) is 0 Å². The number of hydrogen-bond donors (Lipinski definition) is 0. The van der Waals surface area contributed by atoms with E-state index in [2.05, 4.69) is 6.07 Å². The van der Waals surface area contributed by atoms with Gasteiger partial charge in [-0.3, -0.25) is 4.79 Å². The summed E-state index contributed by atoms with van der Waals surface area (Å²) in [5.74, 6) is -0.0819. The van der Waals surface area contributed by atoms with E-state index in [9.17, 15) is 4.79 Å². The van der Waals surface area contributed by atoms with Gasteiger partial charge in [-0.1, -0.05) is 0 Å². The van der Waals surface area contributed by atoms with E-state index in [0.717, 1.165) is 0 Å². The van der Waals surface area contributed by atoms with Gasteiger partial charge in [-0.25, -0.2) is 0 Å². The number of nitrogens with zero attached hydrogens (tertiary/aromatic N) is 2. The average Bonchev–Trinajstić information content (AvgIpc) is 3.10. The Morgan fingerprint density at radius 3 is 2.53 bits per heavy atom. The Balaban J connectivity index is 2.69. The largest absolute Gasteiger partial charge is 0.383 e. The van der Waals surface area contributed by atoms with E-state index in [0.29, 0.717) is 32.6 Å². The third-order valence-corrected chi connectivity index (χ3v) is 3.11. The van der Waals surface area contributed by atoms with Crippen molar-refractivity contribution >= 4 is 5.91 Å². The van der Waals surface area contributed by atoms with Gasteiger partial charge in [0.05, 0.1) is 25.3 Å². The molecule has 0 radical (unpaired) electrons. The van der Waals surface area contributed by atoms with E-state index < -0.39 is 5.41 Å². The van der Waals surface area contributed by atoms with E-state index in [1.54, 1.807) is 19.1 Å². The summed E-state index contributed by atoms with van der Waals surface area (Å²) in [4.78, 5) is 14.0. The van der Waals surface area contributed by atoms with Crippen LogP contribution >= 0.6 is 0 Å². The average molecular weight is 240 g/mol. The van der Waals surface area contributed by atoms with Crippen molar-refractivity contribution in [2.24, 2.45) is 5.41 Å². The Morgan fingerprint density at radius 2 is 2.12 bits per heavy atom. The normalized spacial score (nSPS) is 18.2. The van der Waals surface area contributed by atoms with Crippen molar-refractivity contribution in [2.75, 3.05) is 34.0 Å². The molecule has 1 aliphatic rings. The minimum atomic E-state index is -0.768. The van der Waals surface area contributed by atoms with E-state index in [1.807, 2.05) is 6.92 Å². The van der Waals surface area contributed by atoms with E-state index in [1.165, 1.54) is 0 Å². The molecule has 5 nitrogen and oxygen atoms in total. The molecule has 1 saturated carbocycles. The predicted molar refractivity (Wildman–Crippen MR) is 62.2 cm³/mol. The van der Waals surface area contributed by atoms with Crippen LogP contribution in [0.4, 0.5) is 0 Å². The molecule has 1 rings (SSSR count).